The van der Waals surface area contributed by atoms with Crippen LogP contribution in [0, 0.1) is 11.6 Å². The van der Waals surface area contributed by atoms with E-state index in [9.17, 15) is 23.5 Å². The number of carbonyl (C=O) groups is 1. The highest BCUT2D eigenvalue weighted by atomic mass is 19.1. The second-order valence-corrected chi connectivity index (χ2v) is 6.62. The van der Waals surface area contributed by atoms with Crippen molar-refractivity contribution in [2.45, 2.75) is 6.54 Å². The molecule has 4 nitrogen and oxygen atoms in total. The van der Waals surface area contributed by atoms with Gasteiger partial charge in [-0.15, -0.1) is 0 Å². The van der Waals surface area contributed by atoms with E-state index in [0.717, 1.165) is 35.0 Å². The predicted octanol–water partition coefficient (Wildman–Crippen LogP) is 4.69. The van der Waals surface area contributed by atoms with Crippen LogP contribution in [0.3, 0.4) is 0 Å². The minimum absolute atomic E-state index is 0.0676. The first kappa shape index (κ1) is 18.6. The molecule has 1 aromatic heterocycles. The molecule has 0 aliphatic rings. The number of carboxylic acids is 1. The highest BCUT2D eigenvalue weighted by molar-refractivity contribution is 5.93. The molecule has 0 saturated carbocycles. The number of fused-ring (bicyclic) bond motifs is 1. The normalized spacial score (nSPS) is 11.0. The van der Waals surface area contributed by atoms with Gasteiger partial charge in [-0.25, -0.2) is 13.6 Å². The number of hydrogen-bond donors (Lipinski definition) is 1. The Morgan fingerprint density at radius 3 is 2.31 bits per heavy atom. The molecule has 0 unspecified atom stereocenters. The summed E-state index contributed by atoms with van der Waals surface area (Å²) in [7, 11) is 0. The first-order valence-corrected chi connectivity index (χ1v) is 8.84. The van der Waals surface area contributed by atoms with Crippen LogP contribution < -0.4 is 5.43 Å². The number of aromatic nitrogens is 1. The molecule has 1 heterocycles. The Hall–Kier alpha value is -3.80. The average molecular weight is 391 g/mol. The molecule has 0 radical (unpaired) electrons. The van der Waals surface area contributed by atoms with E-state index < -0.39 is 34.0 Å². The zero-order valence-corrected chi connectivity index (χ0v) is 15.1. The molecule has 0 aliphatic heterocycles. The fourth-order valence-electron chi connectivity index (χ4n) is 3.41. The van der Waals surface area contributed by atoms with E-state index in [4.69, 9.17) is 0 Å². The van der Waals surface area contributed by atoms with E-state index in [1.807, 2.05) is 48.5 Å². The van der Waals surface area contributed by atoms with Gasteiger partial charge < -0.3 is 9.67 Å². The smallest absolute Gasteiger partial charge is 0.341 e. The molecule has 144 valence electrons. The summed E-state index contributed by atoms with van der Waals surface area (Å²) in [6, 6.07) is 18.8. The summed E-state index contributed by atoms with van der Waals surface area (Å²) in [5.74, 6) is -3.25. The molecule has 6 heteroatoms. The third-order valence-electron chi connectivity index (χ3n) is 4.74. The van der Waals surface area contributed by atoms with Gasteiger partial charge in [0, 0.05) is 12.7 Å². The van der Waals surface area contributed by atoms with Crippen LogP contribution in [0.25, 0.3) is 22.0 Å². The van der Waals surface area contributed by atoms with Crippen molar-refractivity contribution in [1.29, 1.82) is 0 Å². The van der Waals surface area contributed by atoms with Crippen LogP contribution in [0.1, 0.15) is 15.9 Å². The Balaban J connectivity index is 1.89. The monoisotopic (exact) mass is 391 g/mol. The average Bonchev–Trinajstić information content (AvgIpc) is 2.72. The Morgan fingerprint density at radius 2 is 1.59 bits per heavy atom. The number of rotatable bonds is 4. The van der Waals surface area contributed by atoms with Crippen molar-refractivity contribution < 1.29 is 18.7 Å². The van der Waals surface area contributed by atoms with E-state index in [0.29, 0.717) is 0 Å². The van der Waals surface area contributed by atoms with Crippen LogP contribution in [-0.2, 0) is 6.54 Å². The van der Waals surface area contributed by atoms with Gasteiger partial charge in [0.15, 0.2) is 0 Å². The molecule has 0 atom stereocenters. The molecule has 0 bridgehead atoms. The molecular weight excluding hydrogens is 376 g/mol. The van der Waals surface area contributed by atoms with E-state index in [2.05, 4.69) is 0 Å². The fourth-order valence-corrected chi connectivity index (χ4v) is 3.41. The predicted molar refractivity (Wildman–Crippen MR) is 106 cm³/mol. The van der Waals surface area contributed by atoms with E-state index in [-0.39, 0.29) is 12.1 Å². The van der Waals surface area contributed by atoms with Crippen molar-refractivity contribution in [1.82, 2.24) is 4.57 Å². The topological polar surface area (TPSA) is 59.3 Å². The summed E-state index contributed by atoms with van der Waals surface area (Å²) >= 11 is 0. The molecular formula is C23H15F2NO3. The SMILES string of the molecule is O=C(O)c1cn(Cc2cccc(-c3ccccc3)c2)c2c(F)ccc(F)c2c1=O. The second-order valence-electron chi connectivity index (χ2n) is 6.62. The van der Waals surface area contributed by atoms with E-state index in [1.165, 1.54) is 4.57 Å². The Morgan fingerprint density at radius 1 is 0.897 bits per heavy atom. The third-order valence-corrected chi connectivity index (χ3v) is 4.74. The maximum Gasteiger partial charge on any atom is 0.341 e. The summed E-state index contributed by atoms with van der Waals surface area (Å²) in [6.45, 7) is 0.0676. The number of aromatic carboxylic acids is 1. The molecule has 29 heavy (non-hydrogen) atoms. The Bertz CT molecular complexity index is 1300. The molecule has 0 spiro atoms. The summed E-state index contributed by atoms with van der Waals surface area (Å²) in [4.78, 5) is 23.9. The van der Waals surface area contributed by atoms with Gasteiger partial charge in [0.25, 0.3) is 0 Å². The lowest BCUT2D eigenvalue weighted by Gasteiger charge is -2.14. The summed E-state index contributed by atoms with van der Waals surface area (Å²) < 4.78 is 30.1. The van der Waals surface area contributed by atoms with Crippen molar-refractivity contribution in [3.63, 3.8) is 0 Å². The van der Waals surface area contributed by atoms with Gasteiger partial charge in [0.2, 0.25) is 5.43 Å². The van der Waals surface area contributed by atoms with Gasteiger partial charge in [-0.3, -0.25) is 4.79 Å². The van der Waals surface area contributed by atoms with Crippen molar-refractivity contribution in [2.75, 3.05) is 0 Å². The zero-order valence-electron chi connectivity index (χ0n) is 15.1. The van der Waals surface area contributed by atoms with Gasteiger partial charge in [-0.2, -0.15) is 0 Å². The van der Waals surface area contributed by atoms with Crippen LogP contribution in [0.15, 0.2) is 77.7 Å². The van der Waals surface area contributed by atoms with Crippen LogP contribution in [0.4, 0.5) is 8.78 Å². The summed E-state index contributed by atoms with van der Waals surface area (Å²) in [5.41, 5.74) is 0.752. The van der Waals surface area contributed by atoms with Crippen LogP contribution in [0.5, 0.6) is 0 Å². The quantitative estimate of drug-likeness (QED) is 0.549. The minimum atomic E-state index is -1.49. The maximum absolute atomic E-state index is 14.5. The van der Waals surface area contributed by atoms with Crippen LogP contribution in [0.2, 0.25) is 0 Å². The van der Waals surface area contributed by atoms with Crippen molar-refractivity contribution >= 4 is 16.9 Å². The molecule has 0 amide bonds. The molecule has 0 fully saturated rings. The lowest BCUT2D eigenvalue weighted by Crippen LogP contribution is -2.21. The van der Waals surface area contributed by atoms with Gasteiger partial charge in [0.05, 0.1) is 10.9 Å². The lowest BCUT2D eigenvalue weighted by atomic mass is 10.0. The largest absolute Gasteiger partial charge is 0.477 e. The highest BCUT2D eigenvalue weighted by Crippen LogP contribution is 2.23. The Labute approximate surface area is 164 Å². The number of nitrogens with zero attached hydrogens (tertiary/aromatic N) is 1. The molecule has 3 aromatic carbocycles. The number of carboxylic acid groups (broad SMARTS) is 1. The molecule has 0 saturated heterocycles. The summed E-state index contributed by atoms with van der Waals surface area (Å²) in [6.07, 6.45) is 1.06. The third kappa shape index (κ3) is 3.40. The lowest BCUT2D eigenvalue weighted by molar-refractivity contribution is 0.0695. The second kappa shape index (κ2) is 7.31. The number of benzene rings is 3. The number of pyridine rings is 1. The van der Waals surface area contributed by atoms with E-state index >= 15 is 0 Å². The zero-order chi connectivity index (χ0) is 20.5. The van der Waals surface area contributed by atoms with Gasteiger partial charge in [-0.05, 0) is 34.9 Å². The Kier molecular flexibility index (Phi) is 4.68. The highest BCUT2D eigenvalue weighted by Gasteiger charge is 2.20. The van der Waals surface area contributed by atoms with Gasteiger partial charge in [0.1, 0.15) is 17.2 Å². The van der Waals surface area contributed by atoms with Crippen molar-refractivity contribution in [2.24, 2.45) is 0 Å². The van der Waals surface area contributed by atoms with Crippen LogP contribution in [-0.4, -0.2) is 15.6 Å². The van der Waals surface area contributed by atoms with E-state index in [1.54, 1.807) is 6.07 Å². The molecule has 1 N–H and O–H groups in total. The van der Waals surface area contributed by atoms with Crippen molar-refractivity contribution in [3.8, 4) is 11.1 Å². The summed E-state index contributed by atoms with van der Waals surface area (Å²) in [5, 5.41) is 8.77. The molecule has 4 rings (SSSR count). The van der Waals surface area contributed by atoms with Gasteiger partial charge in [-0.1, -0.05) is 48.5 Å². The number of hydrogen-bond acceptors (Lipinski definition) is 2. The minimum Gasteiger partial charge on any atom is -0.477 e. The fraction of sp³-hybridized carbons (Fsp3) is 0.0435. The molecule has 4 aromatic rings. The first-order chi connectivity index (χ1) is 14.0. The van der Waals surface area contributed by atoms with Gasteiger partial charge >= 0.3 is 5.97 Å². The standard InChI is InChI=1S/C23H15F2NO3/c24-18-9-10-19(25)21-20(18)22(27)17(23(28)29)13-26(21)12-14-5-4-8-16(11-14)15-6-2-1-3-7-15/h1-11,13H,12H2,(H,28,29). The van der Waals surface area contributed by atoms with Crippen LogP contribution >= 0.6 is 0 Å². The molecule has 0 aliphatic carbocycles. The first-order valence-electron chi connectivity index (χ1n) is 8.84. The maximum atomic E-state index is 14.5. The van der Waals surface area contributed by atoms with Crippen molar-refractivity contribution in [3.05, 3.63) is 106 Å². The number of halogens is 2.